The smallest absolute Gasteiger partial charge is 0.180 e. The van der Waals surface area contributed by atoms with Gasteiger partial charge in [-0.1, -0.05) is 6.07 Å². The maximum Gasteiger partial charge on any atom is 0.180 e. The summed E-state index contributed by atoms with van der Waals surface area (Å²) in [5.74, 6) is 0.788. The monoisotopic (exact) mass is 398 g/mol. The fourth-order valence-corrected chi connectivity index (χ4v) is 6.30. The Bertz CT molecular complexity index is 923. The summed E-state index contributed by atoms with van der Waals surface area (Å²) in [7, 11) is 0. The first kappa shape index (κ1) is 17.5. The highest BCUT2D eigenvalue weighted by molar-refractivity contribution is 7.17. The molecule has 1 fully saturated rings. The molecular formula is C21H26N4S2. The molecule has 3 aromatic rings. The molecule has 1 atom stereocenters. The average molecular weight is 399 g/mol. The second kappa shape index (κ2) is 7.41. The average Bonchev–Trinajstić information content (AvgIpc) is 3.31. The van der Waals surface area contributed by atoms with Crippen molar-refractivity contribution in [1.29, 1.82) is 0 Å². The zero-order valence-electron chi connectivity index (χ0n) is 15.5. The van der Waals surface area contributed by atoms with Crippen LogP contribution in [-0.4, -0.2) is 30.7 Å². The fraction of sp³-hybridized carbons (Fsp3) is 0.476. The van der Waals surface area contributed by atoms with Crippen LogP contribution < -0.4 is 16.0 Å². The van der Waals surface area contributed by atoms with Gasteiger partial charge in [0.2, 0.25) is 0 Å². The van der Waals surface area contributed by atoms with Crippen molar-refractivity contribution in [1.82, 2.24) is 10.3 Å². The van der Waals surface area contributed by atoms with E-state index in [0.29, 0.717) is 6.04 Å². The number of aryl methyl sites for hydroxylation is 1. The van der Waals surface area contributed by atoms with E-state index >= 15 is 0 Å². The van der Waals surface area contributed by atoms with Crippen molar-refractivity contribution in [3.63, 3.8) is 0 Å². The minimum atomic E-state index is 0.593. The van der Waals surface area contributed by atoms with Gasteiger partial charge in [0.25, 0.3) is 0 Å². The van der Waals surface area contributed by atoms with Crippen molar-refractivity contribution < 1.29 is 0 Å². The first-order valence-corrected chi connectivity index (χ1v) is 11.6. The molecule has 0 bridgehead atoms. The molecular weight excluding hydrogens is 372 g/mol. The minimum absolute atomic E-state index is 0.593. The Morgan fingerprint density at radius 3 is 2.96 bits per heavy atom. The predicted molar refractivity (Wildman–Crippen MR) is 117 cm³/mol. The van der Waals surface area contributed by atoms with E-state index in [9.17, 15) is 0 Å². The lowest BCUT2D eigenvalue weighted by Crippen LogP contribution is -2.41. The maximum atomic E-state index is 5.87. The van der Waals surface area contributed by atoms with Crippen LogP contribution in [0, 0.1) is 5.92 Å². The summed E-state index contributed by atoms with van der Waals surface area (Å²) < 4.78 is 1.40. The van der Waals surface area contributed by atoms with Gasteiger partial charge in [-0.05, 0) is 68.1 Å². The number of nitrogens with two attached hydrogens (primary N) is 1. The molecule has 0 amide bonds. The number of aromatic nitrogens is 1. The van der Waals surface area contributed by atoms with Crippen molar-refractivity contribution in [3.8, 4) is 0 Å². The molecule has 5 rings (SSSR count). The van der Waals surface area contributed by atoms with Gasteiger partial charge in [-0.25, -0.2) is 4.98 Å². The molecule has 142 valence electrons. The van der Waals surface area contributed by atoms with E-state index in [1.54, 1.807) is 11.3 Å². The standard InChI is InChI=1S/C21H26N4S2/c22-21-24-17-5-4-15(12-20(17)27-21)23-13-14-6-9-25(10-7-14)18-2-1-3-19-16(18)8-11-26-19/h1-3,8,11,14-15,23H,4-7,9-10,12-13H2,(H2,22,24)/t15-/m1/s1. The molecule has 2 aliphatic rings. The molecule has 27 heavy (non-hydrogen) atoms. The van der Waals surface area contributed by atoms with E-state index in [2.05, 4.69) is 44.8 Å². The summed E-state index contributed by atoms with van der Waals surface area (Å²) in [6.07, 6.45) is 5.92. The van der Waals surface area contributed by atoms with E-state index in [0.717, 1.165) is 30.4 Å². The molecule has 1 saturated heterocycles. The quantitative estimate of drug-likeness (QED) is 0.688. The summed E-state index contributed by atoms with van der Waals surface area (Å²) in [6, 6.07) is 9.58. The van der Waals surface area contributed by atoms with E-state index in [1.807, 2.05) is 11.3 Å². The van der Waals surface area contributed by atoms with Gasteiger partial charge in [-0.2, -0.15) is 0 Å². The molecule has 1 aromatic carbocycles. The van der Waals surface area contributed by atoms with Crippen LogP contribution in [0.1, 0.15) is 29.8 Å². The van der Waals surface area contributed by atoms with Crippen LogP contribution in [0.3, 0.4) is 0 Å². The summed E-state index contributed by atoms with van der Waals surface area (Å²) >= 11 is 3.51. The van der Waals surface area contributed by atoms with Crippen molar-refractivity contribution in [2.24, 2.45) is 5.92 Å². The predicted octanol–water partition coefficient (Wildman–Crippen LogP) is 4.30. The number of benzene rings is 1. The Morgan fingerprint density at radius 2 is 2.07 bits per heavy atom. The maximum absolute atomic E-state index is 5.87. The third kappa shape index (κ3) is 3.58. The Morgan fingerprint density at radius 1 is 1.19 bits per heavy atom. The third-order valence-electron chi connectivity index (χ3n) is 6.08. The topological polar surface area (TPSA) is 54.2 Å². The molecule has 1 aliphatic heterocycles. The lowest BCUT2D eigenvalue weighted by molar-refractivity contribution is 0.348. The van der Waals surface area contributed by atoms with Crippen molar-refractivity contribution in [3.05, 3.63) is 40.2 Å². The molecule has 1 aliphatic carbocycles. The number of nitrogen functional groups attached to an aromatic ring is 1. The summed E-state index contributed by atoms with van der Waals surface area (Å²) in [4.78, 5) is 8.43. The van der Waals surface area contributed by atoms with E-state index in [4.69, 9.17) is 5.73 Å². The van der Waals surface area contributed by atoms with Gasteiger partial charge >= 0.3 is 0 Å². The lowest BCUT2D eigenvalue weighted by Gasteiger charge is -2.35. The molecule has 0 radical (unpaired) electrons. The van der Waals surface area contributed by atoms with Crippen molar-refractivity contribution in [2.75, 3.05) is 30.3 Å². The summed E-state index contributed by atoms with van der Waals surface area (Å²) in [5, 5.41) is 8.20. The molecule has 0 saturated carbocycles. The normalized spacial score (nSPS) is 20.9. The highest BCUT2D eigenvalue weighted by atomic mass is 32.1. The largest absolute Gasteiger partial charge is 0.375 e. The molecule has 6 heteroatoms. The SMILES string of the molecule is Nc1nc2c(s1)C[C@H](NCC1CCN(c3cccc4sccc34)CC1)CC2. The Labute approximate surface area is 168 Å². The molecule has 0 spiro atoms. The zero-order chi connectivity index (χ0) is 18.2. The van der Waals surface area contributed by atoms with Gasteiger partial charge in [0.1, 0.15) is 0 Å². The first-order chi connectivity index (χ1) is 13.3. The van der Waals surface area contributed by atoms with Crippen molar-refractivity contribution >= 4 is 43.6 Å². The Hall–Kier alpha value is -1.63. The number of hydrogen-bond acceptors (Lipinski definition) is 6. The van der Waals surface area contributed by atoms with Gasteiger partial charge in [0.15, 0.2) is 5.13 Å². The number of nitrogens with one attached hydrogen (secondary N) is 1. The van der Waals surface area contributed by atoms with Crippen LogP contribution in [0.5, 0.6) is 0 Å². The number of thiophene rings is 1. The Balaban J connectivity index is 1.14. The second-order valence-corrected chi connectivity index (χ2v) is 9.87. The fourth-order valence-electron chi connectivity index (χ4n) is 4.53. The molecule has 3 N–H and O–H groups in total. The van der Waals surface area contributed by atoms with Crippen LogP contribution in [0.15, 0.2) is 29.6 Å². The lowest BCUT2D eigenvalue weighted by atomic mass is 9.93. The Kier molecular flexibility index (Phi) is 4.80. The van der Waals surface area contributed by atoms with Gasteiger partial charge in [-0.15, -0.1) is 22.7 Å². The van der Waals surface area contributed by atoms with Crippen LogP contribution in [0.2, 0.25) is 0 Å². The van der Waals surface area contributed by atoms with Gasteiger partial charge < -0.3 is 16.0 Å². The van der Waals surface area contributed by atoms with Crippen LogP contribution in [0.4, 0.5) is 10.8 Å². The highest BCUT2D eigenvalue weighted by Crippen LogP contribution is 2.33. The van der Waals surface area contributed by atoms with Gasteiger partial charge in [-0.3, -0.25) is 0 Å². The molecule has 2 aromatic heterocycles. The summed E-state index contributed by atoms with van der Waals surface area (Å²) in [6.45, 7) is 3.48. The van der Waals surface area contributed by atoms with Gasteiger partial charge in [0, 0.05) is 39.8 Å². The van der Waals surface area contributed by atoms with Crippen molar-refractivity contribution in [2.45, 2.75) is 38.1 Å². The molecule has 3 heterocycles. The summed E-state index contributed by atoms with van der Waals surface area (Å²) in [5.41, 5.74) is 8.53. The molecule has 0 unspecified atom stereocenters. The second-order valence-electron chi connectivity index (χ2n) is 7.81. The van der Waals surface area contributed by atoms with Crippen LogP contribution in [0.25, 0.3) is 10.1 Å². The molecule has 4 nitrogen and oxygen atoms in total. The number of nitrogens with zero attached hydrogens (tertiary/aromatic N) is 2. The minimum Gasteiger partial charge on any atom is -0.375 e. The van der Waals surface area contributed by atoms with E-state index in [1.165, 1.54) is 58.7 Å². The zero-order valence-corrected chi connectivity index (χ0v) is 17.1. The highest BCUT2D eigenvalue weighted by Gasteiger charge is 2.24. The number of anilines is 2. The number of piperidine rings is 1. The van der Waals surface area contributed by atoms with Crippen LogP contribution in [-0.2, 0) is 12.8 Å². The number of hydrogen-bond donors (Lipinski definition) is 2. The van der Waals surface area contributed by atoms with Crippen LogP contribution >= 0.6 is 22.7 Å². The van der Waals surface area contributed by atoms with E-state index < -0.39 is 0 Å². The number of rotatable bonds is 4. The van der Waals surface area contributed by atoms with Gasteiger partial charge in [0.05, 0.1) is 5.69 Å². The number of thiazole rings is 1. The third-order valence-corrected chi connectivity index (χ3v) is 7.91. The first-order valence-electron chi connectivity index (χ1n) is 9.95. The number of fused-ring (bicyclic) bond motifs is 2. The van der Waals surface area contributed by atoms with E-state index in [-0.39, 0.29) is 0 Å².